The molecule has 0 saturated carbocycles. The van der Waals surface area contributed by atoms with E-state index in [1.807, 2.05) is 0 Å². The summed E-state index contributed by atoms with van der Waals surface area (Å²) in [4.78, 5) is 0. The minimum atomic E-state index is -3.18. The first-order chi connectivity index (χ1) is 10.2. The highest BCUT2D eigenvalue weighted by Gasteiger charge is 2.30. The van der Waals surface area contributed by atoms with E-state index >= 15 is 0 Å². The lowest BCUT2D eigenvalue weighted by Gasteiger charge is -2.18. The molecule has 1 atom stereocenters. The number of aryl methyl sites for hydroxylation is 1. The second-order valence-corrected chi connectivity index (χ2v) is 6.20. The minimum absolute atomic E-state index is 0.0675. The smallest absolute Gasteiger partial charge is 0.273 e. The lowest BCUT2D eigenvalue weighted by molar-refractivity contribution is 0.0135. The van der Waals surface area contributed by atoms with Gasteiger partial charge in [0.1, 0.15) is 5.82 Å². The van der Waals surface area contributed by atoms with Crippen molar-refractivity contribution in [1.82, 2.24) is 0 Å². The molecular formula is C17H26F3NO. The van der Waals surface area contributed by atoms with Crippen LogP contribution in [0, 0.1) is 5.82 Å². The first kappa shape index (κ1) is 19.0. The van der Waals surface area contributed by atoms with Crippen LogP contribution in [-0.4, -0.2) is 19.8 Å². The summed E-state index contributed by atoms with van der Waals surface area (Å²) in [6, 6.07) is 2.90. The van der Waals surface area contributed by atoms with Crippen LogP contribution in [0.5, 0.6) is 0 Å². The van der Waals surface area contributed by atoms with Crippen molar-refractivity contribution in [1.29, 1.82) is 0 Å². The second kappa shape index (κ2) is 7.97. The average Bonchev–Trinajstić information content (AvgIpc) is 2.39. The zero-order valence-electron chi connectivity index (χ0n) is 13.8. The van der Waals surface area contributed by atoms with E-state index in [9.17, 15) is 13.2 Å². The van der Waals surface area contributed by atoms with Gasteiger partial charge in [-0.3, -0.25) is 0 Å². The summed E-state index contributed by atoms with van der Waals surface area (Å²) in [5, 5.41) is 0. The van der Waals surface area contributed by atoms with Crippen LogP contribution in [-0.2, 0) is 17.1 Å². The third-order valence-corrected chi connectivity index (χ3v) is 3.68. The zero-order chi connectivity index (χ0) is 16.9. The Labute approximate surface area is 130 Å². The number of hydrogen-bond donors (Lipinski definition) is 1. The predicted molar refractivity (Wildman–Crippen MR) is 82.8 cm³/mol. The van der Waals surface area contributed by atoms with Crippen LogP contribution in [0.15, 0.2) is 12.1 Å². The van der Waals surface area contributed by atoms with E-state index in [0.29, 0.717) is 18.6 Å². The van der Waals surface area contributed by atoms with Crippen molar-refractivity contribution in [2.75, 3.05) is 13.7 Å². The lowest BCUT2D eigenvalue weighted by atomic mass is 9.92. The van der Waals surface area contributed by atoms with Gasteiger partial charge >= 0.3 is 0 Å². The van der Waals surface area contributed by atoms with Crippen molar-refractivity contribution in [2.45, 2.75) is 57.9 Å². The monoisotopic (exact) mass is 317 g/mol. The van der Waals surface area contributed by atoms with E-state index in [1.54, 1.807) is 27.0 Å². The van der Waals surface area contributed by atoms with E-state index in [-0.39, 0.29) is 12.0 Å². The summed E-state index contributed by atoms with van der Waals surface area (Å²) in [7, 11) is 1.59. The molecule has 22 heavy (non-hydrogen) atoms. The molecule has 0 unspecified atom stereocenters. The van der Waals surface area contributed by atoms with Gasteiger partial charge in [0.2, 0.25) is 0 Å². The third kappa shape index (κ3) is 5.29. The standard InChI is InChI=1S/C17H26F3NO/c1-11(2)14-8-12(6-5-7-13(21)10-22-4)9-15(16(14)18)17(3,19)20/h8-9,11,13H,5-7,10,21H2,1-4H3/t13-/m1/s1. The fourth-order valence-electron chi connectivity index (χ4n) is 2.46. The Balaban J connectivity index is 2.93. The molecule has 1 rings (SSSR count). The first-order valence-electron chi connectivity index (χ1n) is 7.62. The van der Waals surface area contributed by atoms with Crippen LogP contribution in [0.4, 0.5) is 13.2 Å². The summed E-state index contributed by atoms with van der Waals surface area (Å²) >= 11 is 0. The van der Waals surface area contributed by atoms with Gasteiger partial charge in [-0.1, -0.05) is 19.9 Å². The number of rotatable bonds is 8. The highest BCUT2D eigenvalue weighted by atomic mass is 19.3. The zero-order valence-corrected chi connectivity index (χ0v) is 13.8. The maximum absolute atomic E-state index is 14.2. The highest BCUT2D eigenvalue weighted by Crippen LogP contribution is 2.34. The second-order valence-electron chi connectivity index (χ2n) is 6.20. The molecule has 0 radical (unpaired) electrons. The molecule has 1 aromatic rings. The van der Waals surface area contributed by atoms with Crippen LogP contribution in [0.2, 0.25) is 0 Å². The van der Waals surface area contributed by atoms with Crippen molar-refractivity contribution < 1.29 is 17.9 Å². The largest absolute Gasteiger partial charge is 0.383 e. The van der Waals surface area contributed by atoms with Gasteiger partial charge in [-0.2, -0.15) is 0 Å². The molecule has 0 aromatic heterocycles. The Bertz CT molecular complexity index is 484. The topological polar surface area (TPSA) is 35.2 Å². The van der Waals surface area contributed by atoms with Crippen molar-refractivity contribution in [3.8, 4) is 0 Å². The van der Waals surface area contributed by atoms with Crippen LogP contribution in [0.1, 0.15) is 56.2 Å². The molecular weight excluding hydrogens is 291 g/mol. The third-order valence-electron chi connectivity index (χ3n) is 3.68. The molecule has 0 fully saturated rings. The van der Waals surface area contributed by atoms with Gasteiger partial charge in [0.05, 0.1) is 12.2 Å². The summed E-state index contributed by atoms with van der Waals surface area (Å²) in [6.07, 6.45) is 2.09. The maximum Gasteiger partial charge on any atom is 0.273 e. The van der Waals surface area contributed by atoms with Gasteiger partial charge in [-0.15, -0.1) is 0 Å². The molecule has 0 heterocycles. The molecule has 0 aliphatic heterocycles. The molecule has 2 nitrogen and oxygen atoms in total. The van der Waals surface area contributed by atoms with Gasteiger partial charge < -0.3 is 10.5 Å². The van der Waals surface area contributed by atoms with Crippen molar-refractivity contribution >= 4 is 0 Å². The normalized spacial score (nSPS) is 13.7. The predicted octanol–water partition coefficient (Wildman–Crippen LogP) is 4.36. The number of halogens is 3. The van der Waals surface area contributed by atoms with Gasteiger partial charge in [-0.25, -0.2) is 13.2 Å². The Morgan fingerprint density at radius 1 is 1.27 bits per heavy atom. The Hall–Kier alpha value is -1.07. The van der Waals surface area contributed by atoms with Crippen LogP contribution in [0.3, 0.4) is 0 Å². The Morgan fingerprint density at radius 2 is 1.91 bits per heavy atom. The van der Waals surface area contributed by atoms with Gasteiger partial charge in [0.15, 0.2) is 0 Å². The number of benzene rings is 1. The van der Waals surface area contributed by atoms with Crippen LogP contribution in [0.25, 0.3) is 0 Å². The molecule has 0 spiro atoms. The summed E-state index contributed by atoms with van der Waals surface area (Å²) in [6.45, 7) is 4.80. The fourth-order valence-corrected chi connectivity index (χ4v) is 2.46. The van der Waals surface area contributed by atoms with Crippen molar-refractivity contribution in [2.24, 2.45) is 5.73 Å². The van der Waals surface area contributed by atoms with E-state index in [2.05, 4.69) is 0 Å². The van der Waals surface area contributed by atoms with Gasteiger partial charge in [0, 0.05) is 20.1 Å². The summed E-state index contributed by atoms with van der Waals surface area (Å²) in [5.74, 6) is -4.12. The summed E-state index contributed by atoms with van der Waals surface area (Å²) < 4.78 is 46.4. The first-order valence-corrected chi connectivity index (χ1v) is 7.62. The van der Waals surface area contributed by atoms with E-state index < -0.39 is 17.3 Å². The van der Waals surface area contributed by atoms with Gasteiger partial charge in [0.25, 0.3) is 5.92 Å². The number of alkyl halides is 2. The molecule has 0 saturated heterocycles. The Kier molecular flexibility index (Phi) is 6.88. The van der Waals surface area contributed by atoms with Crippen molar-refractivity contribution in [3.05, 3.63) is 34.6 Å². The molecule has 1 aromatic carbocycles. The van der Waals surface area contributed by atoms with E-state index in [4.69, 9.17) is 10.5 Å². The molecule has 0 amide bonds. The number of nitrogens with two attached hydrogens (primary N) is 1. The van der Waals surface area contributed by atoms with E-state index in [0.717, 1.165) is 25.3 Å². The maximum atomic E-state index is 14.2. The van der Waals surface area contributed by atoms with E-state index in [1.165, 1.54) is 6.07 Å². The minimum Gasteiger partial charge on any atom is -0.383 e. The van der Waals surface area contributed by atoms with Crippen LogP contribution >= 0.6 is 0 Å². The lowest BCUT2D eigenvalue weighted by Crippen LogP contribution is -2.25. The van der Waals surface area contributed by atoms with Gasteiger partial charge in [-0.05, 0) is 42.4 Å². The molecule has 0 aliphatic carbocycles. The molecule has 0 bridgehead atoms. The number of ether oxygens (including phenoxy) is 1. The number of hydrogen-bond acceptors (Lipinski definition) is 2. The quantitative estimate of drug-likeness (QED) is 0.773. The van der Waals surface area contributed by atoms with Crippen LogP contribution < -0.4 is 5.73 Å². The fraction of sp³-hybridized carbons (Fsp3) is 0.647. The Morgan fingerprint density at radius 3 is 2.41 bits per heavy atom. The highest BCUT2D eigenvalue weighted by molar-refractivity contribution is 5.36. The molecule has 0 aliphatic rings. The average molecular weight is 317 g/mol. The SMILES string of the molecule is COC[C@H](N)CCCc1cc(C(C)C)c(F)c(C(C)(F)F)c1. The summed E-state index contributed by atoms with van der Waals surface area (Å²) in [5.41, 5.74) is 6.40. The molecule has 5 heteroatoms. The number of methoxy groups -OCH3 is 1. The molecule has 2 N–H and O–H groups in total. The van der Waals surface area contributed by atoms with Crippen molar-refractivity contribution in [3.63, 3.8) is 0 Å². The molecule has 126 valence electrons.